The van der Waals surface area contributed by atoms with E-state index in [9.17, 15) is 0 Å². The number of hydrogen-bond donors (Lipinski definition) is 0. The van der Waals surface area contributed by atoms with Gasteiger partial charge in [0.05, 0.1) is 0 Å². The van der Waals surface area contributed by atoms with Gasteiger partial charge in [-0.15, -0.1) is 8.58 Å². The van der Waals surface area contributed by atoms with Gasteiger partial charge in [-0.05, 0) is 31.1 Å². The molecule has 15 heavy (non-hydrogen) atoms. The normalized spacial score (nSPS) is 19.8. The van der Waals surface area contributed by atoms with Crippen molar-refractivity contribution in [3.8, 4) is 0 Å². The van der Waals surface area contributed by atoms with E-state index in [4.69, 9.17) is 0 Å². The fraction of sp³-hybridized carbons (Fsp3) is 1.00. The maximum absolute atomic E-state index is 2.30. The van der Waals surface area contributed by atoms with Crippen molar-refractivity contribution in [2.45, 2.75) is 83.2 Å². The van der Waals surface area contributed by atoms with Gasteiger partial charge in [-0.25, -0.2) is 0 Å². The average molecular weight is 228 g/mol. The second-order valence-electron chi connectivity index (χ2n) is 5.06. The van der Waals surface area contributed by atoms with Crippen molar-refractivity contribution in [3.63, 3.8) is 0 Å². The van der Waals surface area contributed by atoms with Gasteiger partial charge in [0.25, 0.3) is 0 Å². The summed E-state index contributed by atoms with van der Waals surface area (Å²) in [6, 6.07) is 0. The molecular formula is C14H29P. The van der Waals surface area contributed by atoms with Crippen LogP contribution in [0.2, 0.25) is 0 Å². The molecule has 0 N–H and O–H groups in total. The molecule has 0 radical (unpaired) electrons. The monoisotopic (exact) mass is 228 g/mol. The second-order valence-corrected chi connectivity index (χ2v) is 6.78. The predicted molar refractivity (Wildman–Crippen MR) is 73.4 cm³/mol. The van der Waals surface area contributed by atoms with Crippen molar-refractivity contribution < 1.29 is 0 Å². The molecule has 0 spiro atoms. The molecule has 1 aliphatic carbocycles. The first-order chi connectivity index (χ1) is 7.43. The van der Waals surface area contributed by atoms with Crippen LogP contribution in [0, 0.1) is 0 Å². The van der Waals surface area contributed by atoms with Crippen LogP contribution >= 0.6 is 8.58 Å². The quantitative estimate of drug-likeness (QED) is 0.313. The molecule has 1 rings (SSSR count). The van der Waals surface area contributed by atoms with Gasteiger partial charge < -0.3 is 0 Å². The lowest BCUT2D eigenvalue weighted by Gasteiger charge is -2.13. The summed E-state index contributed by atoms with van der Waals surface area (Å²) >= 11 is 0. The van der Waals surface area contributed by atoms with Gasteiger partial charge in [-0.3, -0.25) is 0 Å². The Morgan fingerprint density at radius 1 is 0.867 bits per heavy atom. The smallest absolute Gasteiger partial charge is 0.0237 e. The van der Waals surface area contributed by atoms with Gasteiger partial charge in [0.2, 0.25) is 0 Å². The zero-order chi connectivity index (χ0) is 10.8. The molecule has 90 valence electrons. The van der Waals surface area contributed by atoms with Crippen LogP contribution in [0.1, 0.15) is 77.6 Å². The molecule has 1 atom stereocenters. The van der Waals surface area contributed by atoms with E-state index in [1.807, 2.05) is 0 Å². The Morgan fingerprint density at radius 2 is 1.53 bits per heavy atom. The van der Waals surface area contributed by atoms with Crippen molar-refractivity contribution in [1.29, 1.82) is 0 Å². The number of rotatable bonds is 7. The molecule has 0 aromatic carbocycles. The molecular weight excluding hydrogens is 199 g/mol. The minimum atomic E-state index is 1.12. The van der Waals surface area contributed by atoms with Crippen LogP contribution in [0.5, 0.6) is 0 Å². The fourth-order valence-electron chi connectivity index (χ4n) is 2.52. The third-order valence-corrected chi connectivity index (χ3v) is 5.37. The molecule has 1 aliphatic rings. The maximum Gasteiger partial charge on any atom is -0.0237 e. The van der Waals surface area contributed by atoms with Crippen molar-refractivity contribution in [2.24, 2.45) is 0 Å². The molecule has 1 fully saturated rings. The molecule has 1 saturated carbocycles. The van der Waals surface area contributed by atoms with E-state index in [0.29, 0.717) is 0 Å². The SMILES string of the molecule is CCCCCCCPC1CCCCCC1. The van der Waals surface area contributed by atoms with E-state index in [1.54, 1.807) is 12.8 Å². The Labute approximate surface area is 98.4 Å². The van der Waals surface area contributed by atoms with E-state index in [1.165, 1.54) is 72.5 Å². The molecule has 1 heteroatoms. The molecule has 0 aromatic rings. The van der Waals surface area contributed by atoms with E-state index in [0.717, 1.165) is 5.66 Å². The van der Waals surface area contributed by atoms with Crippen LogP contribution in [0.3, 0.4) is 0 Å². The van der Waals surface area contributed by atoms with Crippen LogP contribution < -0.4 is 0 Å². The highest BCUT2D eigenvalue weighted by atomic mass is 31.1. The summed E-state index contributed by atoms with van der Waals surface area (Å²) in [5.41, 5.74) is 1.12. The van der Waals surface area contributed by atoms with E-state index in [-0.39, 0.29) is 0 Å². The van der Waals surface area contributed by atoms with Crippen molar-refractivity contribution in [2.75, 3.05) is 6.16 Å². The third kappa shape index (κ3) is 7.34. The van der Waals surface area contributed by atoms with Crippen LogP contribution in [0.4, 0.5) is 0 Å². The Balaban J connectivity index is 1.89. The summed E-state index contributed by atoms with van der Waals surface area (Å²) in [5, 5.41) is 0. The first-order valence-corrected chi connectivity index (χ1v) is 8.45. The standard InChI is InChI=1S/C14H29P/c1-2-3-4-7-10-13-15-14-11-8-5-6-9-12-14/h14-15H,2-13H2,1H3. The van der Waals surface area contributed by atoms with Gasteiger partial charge in [0.15, 0.2) is 0 Å². The molecule has 0 nitrogen and oxygen atoms in total. The third-order valence-electron chi connectivity index (χ3n) is 3.57. The summed E-state index contributed by atoms with van der Waals surface area (Å²) in [7, 11) is 1.29. The van der Waals surface area contributed by atoms with Gasteiger partial charge in [0, 0.05) is 0 Å². The zero-order valence-corrected chi connectivity index (χ0v) is 11.6. The van der Waals surface area contributed by atoms with Crippen LogP contribution in [-0.4, -0.2) is 11.8 Å². The van der Waals surface area contributed by atoms with Crippen LogP contribution in [-0.2, 0) is 0 Å². The summed E-state index contributed by atoms with van der Waals surface area (Å²) in [4.78, 5) is 0. The first-order valence-electron chi connectivity index (χ1n) is 7.17. The Morgan fingerprint density at radius 3 is 2.20 bits per heavy atom. The van der Waals surface area contributed by atoms with Crippen LogP contribution in [0.25, 0.3) is 0 Å². The summed E-state index contributed by atoms with van der Waals surface area (Å²) < 4.78 is 0. The van der Waals surface area contributed by atoms with Crippen molar-refractivity contribution in [1.82, 2.24) is 0 Å². The van der Waals surface area contributed by atoms with Gasteiger partial charge in [0.1, 0.15) is 0 Å². The minimum Gasteiger partial charge on any atom is -0.119 e. The van der Waals surface area contributed by atoms with E-state index >= 15 is 0 Å². The van der Waals surface area contributed by atoms with Gasteiger partial charge in [-0.1, -0.05) is 58.3 Å². The Bertz CT molecular complexity index is 125. The highest BCUT2D eigenvalue weighted by Crippen LogP contribution is 2.32. The fourth-order valence-corrected chi connectivity index (χ4v) is 4.20. The lowest BCUT2D eigenvalue weighted by Crippen LogP contribution is -1.99. The average Bonchev–Trinajstić information content (AvgIpc) is 2.52. The molecule has 0 heterocycles. The summed E-state index contributed by atoms with van der Waals surface area (Å²) in [5.74, 6) is 0. The number of hydrogen-bond acceptors (Lipinski definition) is 0. The molecule has 0 aliphatic heterocycles. The second kappa shape index (κ2) is 9.64. The van der Waals surface area contributed by atoms with Crippen LogP contribution in [0.15, 0.2) is 0 Å². The Kier molecular flexibility index (Phi) is 8.67. The summed E-state index contributed by atoms with van der Waals surface area (Å²) in [6.45, 7) is 2.30. The predicted octanol–water partition coefficient (Wildman–Crippen LogP) is 5.36. The van der Waals surface area contributed by atoms with Crippen molar-refractivity contribution >= 4 is 8.58 Å². The van der Waals surface area contributed by atoms with E-state index < -0.39 is 0 Å². The molecule has 1 unspecified atom stereocenters. The Hall–Kier alpha value is 0.430. The highest BCUT2D eigenvalue weighted by Gasteiger charge is 2.10. The highest BCUT2D eigenvalue weighted by molar-refractivity contribution is 7.38. The summed E-state index contributed by atoms with van der Waals surface area (Å²) in [6.07, 6.45) is 18.0. The van der Waals surface area contributed by atoms with Gasteiger partial charge in [-0.2, -0.15) is 0 Å². The maximum atomic E-state index is 2.30. The zero-order valence-electron chi connectivity index (χ0n) is 10.6. The molecule has 0 bridgehead atoms. The van der Waals surface area contributed by atoms with Gasteiger partial charge >= 0.3 is 0 Å². The topological polar surface area (TPSA) is 0 Å². The minimum absolute atomic E-state index is 1.12. The van der Waals surface area contributed by atoms with Crippen molar-refractivity contribution in [3.05, 3.63) is 0 Å². The lowest BCUT2D eigenvalue weighted by molar-refractivity contribution is 0.655. The first kappa shape index (κ1) is 13.5. The molecule has 0 amide bonds. The number of unbranched alkanes of at least 4 members (excludes halogenated alkanes) is 4. The molecule has 0 saturated heterocycles. The largest absolute Gasteiger partial charge is 0.119 e. The lowest BCUT2D eigenvalue weighted by atomic mass is 10.2. The molecule has 0 aromatic heterocycles. The van der Waals surface area contributed by atoms with E-state index in [2.05, 4.69) is 6.92 Å².